The highest BCUT2D eigenvalue weighted by atomic mass is 15.6. The summed E-state index contributed by atoms with van der Waals surface area (Å²) in [5, 5.41) is 0. The molecule has 0 saturated carbocycles. The minimum absolute atomic E-state index is 0.214. The van der Waals surface area contributed by atoms with Gasteiger partial charge in [0, 0.05) is 75.1 Å². The Morgan fingerprint density at radius 1 is 0.300 bits per heavy atom. The van der Waals surface area contributed by atoms with Crippen LogP contribution in [0, 0.1) is 0 Å². The first-order chi connectivity index (χ1) is 19.9. The number of rotatable bonds is 6. The van der Waals surface area contributed by atoms with E-state index in [1.807, 2.05) is 0 Å². The van der Waals surface area contributed by atoms with Gasteiger partial charge in [-0.3, -0.25) is 9.80 Å². The Hall–Kier alpha value is -4.00. The van der Waals surface area contributed by atoms with Gasteiger partial charge < -0.3 is 19.6 Å². The first-order valence-corrected chi connectivity index (χ1v) is 14.6. The number of nitrogens with zero attached hydrogens (tertiary/aromatic N) is 6. The van der Waals surface area contributed by atoms with Crippen molar-refractivity contribution in [2.24, 2.45) is 0 Å². The highest BCUT2D eigenvalue weighted by molar-refractivity contribution is 5.58. The van der Waals surface area contributed by atoms with Gasteiger partial charge in [-0.15, -0.1) is 0 Å². The predicted molar refractivity (Wildman–Crippen MR) is 166 cm³/mol. The van der Waals surface area contributed by atoms with Gasteiger partial charge in [-0.05, 0) is 48.5 Å². The maximum absolute atomic E-state index is 2.69. The van der Waals surface area contributed by atoms with Gasteiger partial charge in [0.1, 0.15) is 0 Å². The summed E-state index contributed by atoms with van der Waals surface area (Å²) in [4.78, 5) is 15.7. The molecule has 0 N–H and O–H groups in total. The molecule has 0 atom stereocenters. The summed E-state index contributed by atoms with van der Waals surface area (Å²) >= 11 is 0. The predicted octanol–water partition coefficient (Wildman–Crippen LogP) is 5.22. The van der Waals surface area contributed by atoms with E-state index in [1.165, 1.54) is 22.7 Å². The fourth-order valence-electron chi connectivity index (χ4n) is 6.74. The van der Waals surface area contributed by atoms with E-state index in [0.717, 1.165) is 52.4 Å². The minimum Gasteiger partial charge on any atom is -0.337 e. The average molecular weight is 531 g/mol. The third kappa shape index (κ3) is 4.78. The fraction of sp³-hybridized carbons (Fsp3) is 0.294. The summed E-state index contributed by atoms with van der Waals surface area (Å²) in [6.07, 6.45) is 0.428. The summed E-state index contributed by atoms with van der Waals surface area (Å²) < 4.78 is 0. The summed E-state index contributed by atoms with van der Waals surface area (Å²) in [5.41, 5.74) is 5.20. The van der Waals surface area contributed by atoms with E-state index in [4.69, 9.17) is 0 Å². The van der Waals surface area contributed by atoms with Crippen molar-refractivity contribution in [2.75, 3.05) is 72.0 Å². The second-order valence-electron chi connectivity index (χ2n) is 10.9. The largest absolute Gasteiger partial charge is 0.337 e. The number of piperazine rings is 1. The van der Waals surface area contributed by atoms with Crippen molar-refractivity contribution >= 4 is 22.7 Å². The molecule has 0 aromatic heterocycles. The summed E-state index contributed by atoms with van der Waals surface area (Å²) in [7, 11) is 0. The monoisotopic (exact) mass is 530 g/mol. The normalized spacial score (nSPS) is 19.6. The third-order valence-electron chi connectivity index (χ3n) is 8.63. The van der Waals surface area contributed by atoms with E-state index in [9.17, 15) is 0 Å². The van der Waals surface area contributed by atoms with E-state index in [-0.39, 0.29) is 12.6 Å². The van der Waals surface area contributed by atoms with Crippen LogP contribution in [0.15, 0.2) is 121 Å². The van der Waals surface area contributed by atoms with E-state index < -0.39 is 0 Å². The molecule has 0 amide bonds. The zero-order valence-electron chi connectivity index (χ0n) is 23.0. The summed E-state index contributed by atoms with van der Waals surface area (Å²) in [6.45, 7) is 8.20. The molecule has 6 nitrogen and oxygen atoms in total. The van der Waals surface area contributed by atoms with Gasteiger partial charge in [0.05, 0.1) is 0 Å². The molecule has 3 fully saturated rings. The second-order valence-corrected chi connectivity index (χ2v) is 10.9. The van der Waals surface area contributed by atoms with E-state index in [2.05, 4.69) is 151 Å². The molecule has 3 aliphatic rings. The summed E-state index contributed by atoms with van der Waals surface area (Å²) in [6, 6.07) is 43.8. The zero-order chi connectivity index (χ0) is 26.7. The Balaban J connectivity index is 1.15. The van der Waals surface area contributed by atoms with Crippen molar-refractivity contribution in [1.82, 2.24) is 9.80 Å². The fourth-order valence-corrected chi connectivity index (χ4v) is 6.74. The van der Waals surface area contributed by atoms with Crippen LogP contribution in [0.25, 0.3) is 0 Å². The van der Waals surface area contributed by atoms with Gasteiger partial charge in [-0.2, -0.15) is 0 Å². The molecular formula is C34H38N6. The molecule has 4 aromatic rings. The van der Waals surface area contributed by atoms with Gasteiger partial charge in [0.15, 0.2) is 12.6 Å². The zero-order valence-corrected chi connectivity index (χ0v) is 23.0. The van der Waals surface area contributed by atoms with Gasteiger partial charge >= 0.3 is 0 Å². The Morgan fingerprint density at radius 2 is 0.525 bits per heavy atom. The molecule has 3 heterocycles. The standard InChI is InChI=1S/C34H38N6/c1-5-13-29(14-6-1)37-25-26-38(30-15-7-2-8-16-30)33(37)35-21-23-36(24-22-35)34-39(31-17-9-3-10-18-31)27-28-40(34)32-19-11-4-12-20-32/h1-20,33-34H,21-28H2. The molecule has 204 valence electrons. The Morgan fingerprint density at radius 3 is 0.750 bits per heavy atom. The summed E-state index contributed by atoms with van der Waals surface area (Å²) in [5.74, 6) is 0. The van der Waals surface area contributed by atoms with Crippen LogP contribution in [0.3, 0.4) is 0 Å². The van der Waals surface area contributed by atoms with Crippen LogP contribution in [0.5, 0.6) is 0 Å². The molecule has 0 bridgehead atoms. The van der Waals surface area contributed by atoms with Crippen molar-refractivity contribution in [3.05, 3.63) is 121 Å². The molecular weight excluding hydrogens is 492 g/mol. The molecule has 4 aromatic carbocycles. The number of anilines is 4. The van der Waals surface area contributed by atoms with Crippen molar-refractivity contribution < 1.29 is 0 Å². The topological polar surface area (TPSA) is 19.4 Å². The number of benzene rings is 4. The maximum Gasteiger partial charge on any atom is 0.160 e. The van der Waals surface area contributed by atoms with E-state index >= 15 is 0 Å². The van der Waals surface area contributed by atoms with Crippen LogP contribution in [-0.2, 0) is 0 Å². The molecule has 3 saturated heterocycles. The lowest BCUT2D eigenvalue weighted by Gasteiger charge is -2.48. The lowest BCUT2D eigenvalue weighted by molar-refractivity contribution is 0.0755. The Kier molecular flexibility index (Phi) is 7.02. The lowest BCUT2D eigenvalue weighted by atomic mass is 10.2. The smallest absolute Gasteiger partial charge is 0.160 e. The second kappa shape index (κ2) is 11.2. The van der Waals surface area contributed by atoms with Crippen molar-refractivity contribution in [1.29, 1.82) is 0 Å². The van der Waals surface area contributed by atoms with Crippen LogP contribution in [0.2, 0.25) is 0 Å². The molecule has 0 spiro atoms. The first kappa shape index (κ1) is 25.0. The molecule has 0 unspecified atom stereocenters. The van der Waals surface area contributed by atoms with Gasteiger partial charge in [0.25, 0.3) is 0 Å². The lowest BCUT2D eigenvalue weighted by Crippen LogP contribution is -2.63. The van der Waals surface area contributed by atoms with Crippen LogP contribution in [-0.4, -0.2) is 74.7 Å². The van der Waals surface area contributed by atoms with Gasteiger partial charge in [-0.25, -0.2) is 0 Å². The SMILES string of the molecule is c1ccc(N2CCN(c3ccccc3)C2N2CCN(C3N(c4ccccc4)CCN3c3ccccc3)CC2)cc1. The quantitative estimate of drug-likeness (QED) is 0.338. The number of para-hydroxylation sites is 4. The van der Waals surface area contributed by atoms with Crippen molar-refractivity contribution in [2.45, 2.75) is 12.6 Å². The van der Waals surface area contributed by atoms with Crippen molar-refractivity contribution in [3.8, 4) is 0 Å². The minimum atomic E-state index is 0.214. The van der Waals surface area contributed by atoms with Crippen molar-refractivity contribution in [3.63, 3.8) is 0 Å². The molecule has 0 aliphatic carbocycles. The van der Waals surface area contributed by atoms with Gasteiger partial charge in [-0.1, -0.05) is 72.8 Å². The molecule has 0 radical (unpaired) electrons. The highest BCUT2D eigenvalue weighted by Crippen LogP contribution is 2.33. The van der Waals surface area contributed by atoms with Crippen LogP contribution >= 0.6 is 0 Å². The maximum atomic E-state index is 2.69. The number of hydrogen-bond acceptors (Lipinski definition) is 6. The molecule has 7 rings (SSSR count). The van der Waals surface area contributed by atoms with E-state index in [1.54, 1.807) is 0 Å². The molecule has 3 aliphatic heterocycles. The average Bonchev–Trinajstić information content (AvgIpc) is 3.69. The Labute approximate surface area is 238 Å². The first-order valence-electron chi connectivity index (χ1n) is 14.6. The Bertz CT molecular complexity index is 1140. The number of hydrogen-bond donors (Lipinski definition) is 0. The van der Waals surface area contributed by atoms with Crippen LogP contribution in [0.4, 0.5) is 22.7 Å². The molecule has 6 heteroatoms. The van der Waals surface area contributed by atoms with Crippen LogP contribution in [0.1, 0.15) is 0 Å². The van der Waals surface area contributed by atoms with Gasteiger partial charge in [0.2, 0.25) is 0 Å². The third-order valence-corrected chi connectivity index (χ3v) is 8.63. The van der Waals surface area contributed by atoms with E-state index in [0.29, 0.717) is 0 Å². The van der Waals surface area contributed by atoms with Crippen LogP contribution < -0.4 is 19.6 Å². The highest BCUT2D eigenvalue weighted by Gasteiger charge is 2.42. The molecule has 40 heavy (non-hydrogen) atoms.